The van der Waals surface area contributed by atoms with E-state index in [1.165, 1.54) is 0 Å². The van der Waals surface area contributed by atoms with Crippen LogP contribution in [0.4, 0.5) is 5.82 Å². The molecule has 1 rings (SSSR count). The predicted molar refractivity (Wildman–Crippen MR) is 44.2 cm³/mol. The highest BCUT2D eigenvalue weighted by molar-refractivity contribution is 5.29. The molecule has 0 amide bonds. The molecule has 1 unspecified atom stereocenters. The van der Waals surface area contributed by atoms with Gasteiger partial charge >= 0.3 is 0 Å². The molecule has 59 valence electrons. The second-order valence-corrected chi connectivity index (χ2v) is 2.47. The lowest BCUT2D eigenvalue weighted by atomic mass is 10.3. The number of nitrogens with one attached hydrogen (secondary N) is 1. The van der Waals surface area contributed by atoms with E-state index >= 15 is 0 Å². The average molecular weight is 150 g/mol. The van der Waals surface area contributed by atoms with E-state index in [0.717, 1.165) is 12.2 Å². The first-order valence-corrected chi connectivity index (χ1v) is 3.78. The van der Waals surface area contributed by atoms with Crippen LogP contribution in [0.3, 0.4) is 0 Å². The number of hydrogen-bond acceptors (Lipinski definition) is 3. The Kier molecular flexibility index (Phi) is 2.83. The van der Waals surface area contributed by atoms with Crippen LogP contribution >= 0.6 is 0 Å². The fourth-order valence-corrected chi connectivity index (χ4v) is 0.673. The fraction of sp³-hybridized carbons (Fsp3) is 0.500. The van der Waals surface area contributed by atoms with Crippen molar-refractivity contribution in [3.05, 3.63) is 18.6 Å². The third-order valence-corrected chi connectivity index (χ3v) is 1.51. The smallest absolute Gasteiger partial charge is 0.154 e. The summed E-state index contributed by atoms with van der Waals surface area (Å²) in [6, 6.07) is 0.433. The first-order chi connectivity index (χ1) is 5.33. The van der Waals surface area contributed by atoms with Crippen LogP contribution < -0.4 is 5.32 Å². The third-order valence-electron chi connectivity index (χ3n) is 1.51. The summed E-state index contributed by atoms with van der Waals surface area (Å²) in [4.78, 5) is 7.86. The SMILES string of the molecule is CCC(C)Nc1[c]nccn1. The van der Waals surface area contributed by atoms with Gasteiger partial charge in [0.05, 0.1) is 0 Å². The molecule has 1 N–H and O–H groups in total. The topological polar surface area (TPSA) is 37.8 Å². The number of hydrogen-bond donors (Lipinski definition) is 1. The van der Waals surface area contributed by atoms with Crippen LogP contribution in [-0.2, 0) is 0 Å². The lowest BCUT2D eigenvalue weighted by molar-refractivity contribution is 0.757. The summed E-state index contributed by atoms with van der Waals surface area (Å²) in [5.41, 5.74) is 0. The summed E-state index contributed by atoms with van der Waals surface area (Å²) in [5, 5.41) is 3.16. The quantitative estimate of drug-likeness (QED) is 0.709. The van der Waals surface area contributed by atoms with E-state index in [4.69, 9.17) is 0 Å². The van der Waals surface area contributed by atoms with Crippen LogP contribution in [0, 0.1) is 6.20 Å². The van der Waals surface area contributed by atoms with Crippen molar-refractivity contribution in [2.45, 2.75) is 26.3 Å². The zero-order valence-corrected chi connectivity index (χ0v) is 6.83. The zero-order valence-electron chi connectivity index (χ0n) is 6.83. The molecule has 0 aliphatic heterocycles. The molecule has 0 aliphatic rings. The molecule has 11 heavy (non-hydrogen) atoms. The molecule has 1 aromatic rings. The normalized spacial score (nSPS) is 12.5. The maximum absolute atomic E-state index is 4.04. The van der Waals surface area contributed by atoms with Crippen LogP contribution in [0.1, 0.15) is 20.3 Å². The van der Waals surface area contributed by atoms with Crippen LogP contribution in [0.5, 0.6) is 0 Å². The molecule has 0 saturated carbocycles. The lowest BCUT2D eigenvalue weighted by Crippen LogP contribution is -2.14. The van der Waals surface area contributed by atoms with Crippen molar-refractivity contribution in [2.75, 3.05) is 5.32 Å². The van der Waals surface area contributed by atoms with Gasteiger partial charge in [0.25, 0.3) is 0 Å². The highest BCUT2D eigenvalue weighted by Gasteiger charge is 1.98. The van der Waals surface area contributed by atoms with Crippen LogP contribution in [-0.4, -0.2) is 16.0 Å². The van der Waals surface area contributed by atoms with Gasteiger partial charge in [-0.1, -0.05) is 6.92 Å². The van der Waals surface area contributed by atoms with Gasteiger partial charge in [-0.3, -0.25) is 0 Å². The van der Waals surface area contributed by atoms with Gasteiger partial charge in [-0.05, 0) is 13.3 Å². The molecule has 0 fully saturated rings. The van der Waals surface area contributed by atoms with Crippen molar-refractivity contribution in [1.82, 2.24) is 9.97 Å². The highest BCUT2D eigenvalue weighted by Crippen LogP contribution is 2.01. The largest absolute Gasteiger partial charge is 0.366 e. The van der Waals surface area contributed by atoms with E-state index in [9.17, 15) is 0 Å². The van der Waals surface area contributed by atoms with Crippen molar-refractivity contribution >= 4 is 5.82 Å². The molecular weight excluding hydrogens is 138 g/mol. The first-order valence-electron chi connectivity index (χ1n) is 3.78. The van der Waals surface area contributed by atoms with Crippen molar-refractivity contribution in [1.29, 1.82) is 0 Å². The van der Waals surface area contributed by atoms with Gasteiger partial charge < -0.3 is 5.32 Å². The zero-order chi connectivity index (χ0) is 8.10. The van der Waals surface area contributed by atoms with Gasteiger partial charge in [-0.25, -0.2) is 9.97 Å². The molecule has 0 saturated heterocycles. The molecule has 1 heterocycles. The molecule has 1 aromatic heterocycles. The second kappa shape index (κ2) is 3.91. The average Bonchev–Trinajstić information content (AvgIpc) is 2.06. The molecule has 0 bridgehead atoms. The van der Waals surface area contributed by atoms with E-state index in [1.807, 2.05) is 0 Å². The van der Waals surface area contributed by atoms with Crippen molar-refractivity contribution in [2.24, 2.45) is 0 Å². The van der Waals surface area contributed by atoms with Gasteiger partial charge in [0.15, 0.2) is 5.82 Å². The van der Waals surface area contributed by atoms with Crippen molar-refractivity contribution < 1.29 is 0 Å². The Bertz CT molecular complexity index is 198. The minimum absolute atomic E-state index is 0.433. The first kappa shape index (κ1) is 7.98. The molecule has 0 aliphatic carbocycles. The van der Waals surface area contributed by atoms with E-state index in [-0.39, 0.29) is 0 Å². The Morgan fingerprint density at radius 1 is 1.64 bits per heavy atom. The predicted octanol–water partition coefficient (Wildman–Crippen LogP) is 1.49. The van der Waals surface area contributed by atoms with Crippen molar-refractivity contribution in [3.8, 4) is 0 Å². The Labute approximate surface area is 66.9 Å². The van der Waals surface area contributed by atoms with Gasteiger partial charge in [0, 0.05) is 18.4 Å². The molecular formula is C8H12N3. The Balaban J connectivity index is 2.51. The number of nitrogens with zero attached hydrogens (tertiary/aromatic N) is 2. The minimum Gasteiger partial charge on any atom is -0.366 e. The molecule has 1 radical (unpaired) electrons. The molecule has 3 heteroatoms. The van der Waals surface area contributed by atoms with E-state index < -0.39 is 0 Å². The van der Waals surface area contributed by atoms with Crippen LogP contribution in [0.2, 0.25) is 0 Å². The Morgan fingerprint density at radius 2 is 2.45 bits per heavy atom. The van der Waals surface area contributed by atoms with Gasteiger partial charge in [-0.15, -0.1) is 0 Å². The maximum Gasteiger partial charge on any atom is 0.154 e. The van der Waals surface area contributed by atoms with Gasteiger partial charge in [0.1, 0.15) is 6.20 Å². The number of rotatable bonds is 3. The number of anilines is 1. The fourth-order valence-electron chi connectivity index (χ4n) is 0.673. The summed E-state index contributed by atoms with van der Waals surface area (Å²) in [7, 11) is 0. The minimum atomic E-state index is 0.433. The lowest BCUT2D eigenvalue weighted by Gasteiger charge is -2.09. The van der Waals surface area contributed by atoms with Crippen molar-refractivity contribution in [3.63, 3.8) is 0 Å². The van der Waals surface area contributed by atoms with Crippen LogP contribution in [0.15, 0.2) is 12.4 Å². The van der Waals surface area contributed by atoms with E-state index in [1.54, 1.807) is 12.4 Å². The highest BCUT2D eigenvalue weighted by atomic mass is 15.0. The molecule has 3 nitrogen and oxygen atoms in total. The maximum atomic E-state index is 4.04. The van der Waals surface area contributed by atoms with Gasteiger partial charge in [-0.2, -0.15) is 0 Å². The monoisotopic (exact) mass is 150 g/mol. The van der Waals surface area contributed by atoms with Gasteiger partial charge in [0.2, 0.25) is 0 Å². The molecule has 1 atom stereocenters. The summed E-state index contributed by atoms with van der Waals surface area (Å²) >= 11 is 0. The summed E-state index contributed by atoms with van der Waals surface area (Å²) in [5.74, 6) is 0.724. The summed E-state index contributed by atoms with van der Waals surface area (Å²) in [6.45, 7) is 4.22. The molecule has 0 spiro atoms. The number of aromatic nitrogens is 2. The molecule has 0 aromatic carbocycles. The summed E-state index contributed by atoms with van der Waals surface area (Å²) < 4.78 is 0. The standard InChI is InChI=1S/C8H12N3/c1-3-7(2)11-8-6-9-4-5-10-8/h4-5,7H,3H2,1-2H3,(H,10,11). The third kappa shape index (κ3) is 2.53. The van der Waals surface area contributed by atoms with Crippen LogP contribution in [0.25, 0.3) is 0 Å². The van der Waals surface area contributed by atoms with E-state index in [2.05, 4.69) is 35.3 Å². The summed E-state index contributed by atoms with van der Waals surface area (Å²) in [6.07, 6.45) is 7.10. The Hall–Kier alpha value is -1.12. The van der Waals surface area contributed by atoms with E-state index in [0.29, 0.717) is 6.04 Å². The Morgan fingerprint density at radius 3 is 3.00 bits per heavy atom. The second-order valence-electron chi connectivity index (χ2n) is 2.47.